The van der Waals surface area contributed by atoms with Gasteiger partial charge in [-0.05, 0) is 0 Å². The minimum Gasteiger partial charge on any atom is -0.309 e. The van der Waals surface area contributed by atoms with Crippen molar-refractivity contribution in [2.24, 2.45) is 0 Å². The van der Waals surface area contributed by atoms with Crippen molar-refractivity contribution < 1.29 is 0 Å². The monoisotopic (exact) mass is 266 g/mol. The van der Waals surface area contributed by atoms with Crippen molar-refractivity contribution in [3.63, 3.8) is 0 Å². The predicted molar refractivity (Wildman–Crippen MR) is 74.8 cm³/mol. The third kappa shape index (κ3) is 2.59. The van der Waals surface area contributed by atoms with E-state index in [-0.39, 0.29) is 0 Å². The van der Waals surface area contributed by atoms with Crippen LogP contribution in [0.15, 0.2) is 5.38 Å². The molecule has 0 spiro atoms. The molecule has 0 saturated carbocycles. The fourth-order valence-electron chi connectivity index (χ4n) is 2.72. The Morgan fingerprint density at radius 1 is 1.39 bits per heavy atom. The Kier molecular flexibility index (Phi) is 3.66. The first kappa shape index (κ1) is 12.5. The summed E-state index contributed by atoms with van der Waals surface area (Å²) in [4.78, 5) is 9.98. The molecule has 0 aromatic carbocycles. The number of fused-ring (bicyclic) bond motifs is 3. The summed E-state index contributed by atoms with van der Waals surface area (Å²) in [7, 11) is 0. The van der Waals surface area contributed by atoms with Crippen molar-refractivity contribution in [1.82, 2.24) is 20.1 Å². The van der Waals surface area contributed by atoms with Gasteiger partial charge in [0, 0.05) is 50.7 Å². The van der Waals surface area contributed by atoms with E-state index in [0.29, 0.717) is 12.1 Å². The summed E-state index contributed by atoms with van der Waals surface area (Å²) in [5.74, 6) is 0. The van der Waals surface area contributed by atoms with Gasteiger partial charge in [0.25, 0.3) is 0 Å². The molecule has 18 heavy (non-hydrogen) atoms. The average molecular weight is 266 g/mol. The van der Waals surface area contributed by atoms with Crippen LogP contribution in [-0.4, -0.2) is 53.5 Å². The number of thiazole rings is 1. The SMILES string of the molecule is CC(C)NCc1csc(C2CN3CCN2CC3)n1. The van der Waals surface area contributed by atoms with Crippen LogP contribution in [0.4, 0.5) is 0 Å². The van der Waals surface area contributed by atoms with E-state index >= 15 is 0 Å². The van der Waals surface area contributed by atoms with E-state index in [1.807, 2.05) is 11.3 Å². The number of rotatable bonds is 4. The highest BCUT2D eigenvalue weighted by Crippen LogP contribution is 2.30. The van der Waals surface area contributed by atoms with Crippen molar-refractivity contribution in [2.45, 2.75) is 32.5 Å². The lowest BCUT2D eigenvalue weighted by atomic mass is 10.1. The van der Waals surface area contributed by atoms with Crippen molar-refractivity contribution in [3.8, 4) is 0 Å². The number of hydrogen-bond donors (Lipinski definition) is 1. The maximum Gasteiger partial charge on any atom is 0.111 e. The van der Waals surface area contributed by atoms with Crippen LogP contribution >= 0.6 is 11.3 Å². The van der Waals surface area contributed by atoms with Crippen LogP contribution < -0.4 is 5.32 Å². The first-order chi connectivity index (χ1) is 8.72. The summed E-state index contributed by atoms with van der Waals surface area (Å²) < 4.78 is 0. The molecule has 1 unspecified atom stereocenters. The van der Waals surface area contributed by atoms with Gasteiger partial charge in [-0.25, -0.2) is 4.98 Å². The molecule has 1 N–H and O–H groups in total. The summed E-state index contributed by atoms with van der Waals surface area (Å²) >= 11 is 1.83. The summed E-state index contributed by atoms with van der Waals surface area (Å²) in [6, 6.07) is 1.07. The van der Waals surface area contributed by atoms with E-state index in [4.69, 9.17) is 4.98 Å². The Bertz CT molecular complexity index is 395. The second-order valence-corrected chi connectivity index (χ2v) is 6.45. The molecule has 0 aliphatic carbocycles. The van der Waals surface area contributed by atoms with Crippen molar-refractivity contribution in [3.05, 3.63) is 16.1 Å². The van der Waals surface area contributed by atoms with Crippen molar-refractivity contribution >= 4 is 11.3 Å². The number of piperazine rings is 3. The molecule has 3 aliphatic rings. The molecule has 5 heteroatoms. The highest BCUT2D eigenvalue weighted by Gasteiger charge is 2.34. The molecule has 4 nitrogen and oxygen atoms in total. The first-order valence-corrected chi connectivity index (χ1v) is 7.74. The van der Waals surface area contributed by atoms with Crippen LogP contribution in [0.5, 0.6) is 0 Å². The average Bonchev–Trinajstić information content (AvgIpc) is 2.86. The van der Waals surface area contributed by atoms with Gasteiger partial charge in [-0.2, -0.15) is 0 Å². The largest absolute Gasteiger partial charge is 0.309 e. The van der Waals surface area contributed by atoms with Crippen LogP contribution in [0, 0.1) is 0 Å². The minimum absolute atomic E-state index is 0.524. The van der Waals surface area contributed by atoms with Gasteiger partial charge in [0.1, 0.15) is 5.01 Å². The molecular weight excluding hydrogens is 244 g/mol. The molecule has 1 aromatic heterocycles. The van der Waals surface area contributed by atoms with Crippen LogP contribution in [-0.2, 0) is 6.54 Å². The molecule has 1 atom stereocenters. The molecule has 0 amide bonds. The second kappa shape index (κ2) is 5.25. The summed E-state index contributed by atoms with van der Waals surface area (Å²) in [6.07, 6.45) is 0. The summed E-state index contributed by atoms with van der Waals surface area (Å²) in [6.45, 7) is 11.3. The number of nitrogens with zero attached hydrogens (tertiary/aromatic N) is 3. The van der Waals surface area contributed by atoms with Crippen molar-refractivity contribution in [2.75, 3.05) is 32.7 Å². The smallest absolute Gasteiger partial charge is 0.111 e. The van der Waals surface area contributed by atoms with Crippen LogP contribution in [0.2, 0.25) is 0 Å². The van der Waals surface area contributed by atoms with Crippen LogP contribution in [0.25, 0.3) is 0 Å². The zero-order chi connectivity index (χ0) is 12.5. The Labute approximate surface area is 113 Å². The predicted octanol–water partition coefficient (Wildman–Crippen LogP) is 1.31. The van der Waals surface area contributed by atoms with Gasteiger partial charge >= 0.3 is 0 Å². The van der Waals surface area contributed by atoms with Gasteiger partial charge in [-0.3, -0.25) is 9.80 Å². The quantitative estimate of drug-likeness (QED) is 0.890. The van der Waals surface area contributed by atoms with E-state index in [9.17, 15) is 0 Å². The molecule has 0 radical (unpaired) electrons. The third-order valence-electron chi connectivity index (χ3n) is 3.82. The summed E-state index contributed by atoms with van der Waals surface area (Å²) in [5.41, 5.74) is 1.20. The van der Waals surface area contributed by atoms with Gasteiger partial charge in [-0.15, -0.1) is 11.3 Å². The molecule has 4 heterocycles. The van der Waals surface area contributed by atoms with Gasteiger partial charge in [0.15, 0.2) is 0 Å². The molecule has 3 fully saturated rings. The Morgan fingerprint density at radius 3 is 2.78 bits per heavy atom. The normalized spacial score (nSPS) is 31.2. The molecule has 2 bridgehead atoms. The number of hydrogen-bond acceptors (Lipinski definition) is 5. The zero-order valence-electron chi connectivity index (χ0n) is 11.2. The minimum atomic E-state index is 0.524. The lowest BCUT2D eigenvalue weighted by molar-refractivity contribution is 0.0122. The first-order valence-electron chi connectivity index (χ1n) is 6.86. The molecule has 1 aromatic rings. The molecular formula is C13H22N4S. The van der Waals surface area contributed by atoms with E-state index in [1.165, 1.54) is 43.4 Å². The maximum absolute atomic E-state index is 4.81. The Morgan fingerprint density at radius 2 is 2.17 bits per heavy atom. The van der Waals surface area contributed by atoms with E-state index in [0.717, 1.165) is 6.54 Å². The lowest BCUT2D eigenvalue weighted by Gasteiger charge is -2.46. The third-order valence-corrected chi connectivity index (χ3v) is 4.82. The van der Waals surface area contributed by atoms with E-state index in [1.54, 1.807) is 0 Å². The van der Waals surface area contributed by atoms with Gasteiger partial charge in [-0.1, -0.05) is 13.8 Å². The maximum atomic E-state index is 4.81. The van der Waals surface area contributed by atoms with E-state index in [2.05, 4.69) is 34.3 Å². The summed E-state index contributed by atoms with van der Waals surface area (Å²) in [5, 5.41) is 6.95. The number of nitrogens with one attached hydrogen (secondary N) is 1. The van der Waals surface area contributed by atoms with Gasteiger partial charge < -0.3 is 5.32 Å². The van der Waals surface area contributed by atoms with Gasteiger partial charge in [0.2, 0.25) is 0 Å². The lowest BCUT2D eigenvalue weighted by Crippen LogP contribution is -2.56. The Balaban J connectivity index is 1.66. The zero-order valence-corrected chi connectivity index (χ0v) is 12.0. The van der Waals surface area contributed by atoms with Gasteiger partial charge in [0.05, 0.1) is 11.7 Å². The molecule has 3 aliphatic heterocycles. The highest BCUT2D eigenvalue weighted by molar-refractivity contribution is 7.09. The molecule has 100 valence electrons. The second-order valence-electron chi connectivity index (χ2n) is 5.57. The fraction of sp³-hybridized carbons (Fsp3) is 0.769. The standard InChI is InChI=1S/C13H22N4S/c1-10(2)14-7-11-9-18-13(15-11)12-8-16-3-5-17(12)6-4-16/h9-10,12,14H,3-8H2,1-2H3. The number of aromatic nitrogens is 1. The van der Waals surface area contributed by atoms with E-state index < -0.39 is 0 Å². The molecule has 3 saturated heterocycles. The fourth-order valence-corrected chi connectivity index (χ4v) is 3.66. The van der Waals surface area contributed by atoms with Crippen LogP contribution in [0.3, 0.4) is 0 Å². The van der Waals surface area contributed by atoms with Crippen LogP contribution in [0.1, 0.15) is 30.6 Å². The topological polar surface area (TPSA) is 31.4 Å². The molecule has 4 rings (SSSR count). The highest BCUT2D eigenvalue weighted by atomic mass is 32.1. The van der Waals surface area contributed by atoms with Crippen molar-refractivity contribution in [1.29, 1.82) is 0 Å². The Hall–Kier alpha value is -0.490.